The van der Waals surface area contributed by atoms with Crippen molar-refractivity contribution < 1.29 is 5.11 Å². The van der Waals surface area contributed by atoms with E-state index in [1.807, 2.05) is 0 Å². The van der Waals surface area contributed by atoms with Crippen molar-refractivity contribution in [2.45, 2.75) is 32.3 Å². The quantitative estimate of drug-likeness (QED) is 0.586. The Hall–Kier alpha value is -0.740. The molecule has 0 aromatic heterocycles. The van der Waals surface area contributed by atoms with E-state index in [-0.39, 0.29) is 6.10 Å². The van der Waals surface area contributed by atoms with Crippen LogP contribution in [-0.2, 0) is 0 Å². The van der Waals surface area contributed by atoms with Gasteiger partial charge in [-0.15, -0.1) is 6.42 Å². The third-order valence-corrected chi connectivity index (χ3v) is 1.27. The van der Waals surface area contributed by atoms with Crippen molar-refractivity contribution in [1.29, 1.82) is 0 Å². The van der Waals surface area contributed by atoms with Crippen molar-refractivity contribution in [2.24, 2.45) is 0 Å². The average Bonchev–Trinajstić information content (AvgIpc) is 1.97. The first-order valence-corrected chi connectivity index (χ1v) is 3.62. The van der Waals surface area contributed by atoms with Gasteiger partial charge in [-0.05, 0) is 18.6 Å². The Morgan fingerprint density at radius 1 is 1.70 bits per heavy atom. The zero-order valence-electron chi connectivity index (χ0n) is 6.38. The molecule has 56 valence electrons. The van der Waals surface area contributed by atoms with Crippen LogP contribution in [0.5, 0.6) is 0 Å². The van der Waals surface area contributed by atoms with Crippen LogP contribution in [0.3, 0.4) is 0 Å². The SMILES string of the molecule is C#C/C=C/C(O)CCCC. The summed E-state index contributed by atoms with van der Waals surface area (Å²) in [5.41, 5.74) is 0. The first-order valence-electron chi connectivity index (χ1n) is 3.62. The normalized spacial score (nSPS) is 13.3. The summed E-state index contributed by atoms with van der Waals surface area (Å²) in [4.78, 5) is 0. The second-order valence-electron chi connectivity index (χ2n) is 2.24. The molecule has 1 heteroatoms. The number of allylic oxidation sites excluding steroid dienone is 1. The predicted octanol–water partition coefficient (Wildman–Crippen LogP) is 1.73. The Balaban J connectivity index is 3.35. The standard InChI is InChI=1S/C9H14O/c1-3-5-7-9(10)8-6-4-2/h1,5,7,9-10H,4,6,8H2,2H3/b7-5+. The van der Waals surface area contributed by atoms with Gasteiger partial charge < -0.3 is 5.11 Å². The van der Waals surface area contributed by atoms with Crippen LogP contribution in [0, 0.1) is 12.3 Å². The molecule has 0 fully saturated rings. The van der Waals surface area contributed by atoms with Crippen LogP contribution >= 0.6 is 0 Å². The maximum absolute atomic E-state index is 9.13. The zero-order valence-corrected chi connectivity index (χ0v) is 6.38. The van der Waals surface area contributed by atoms with Gasteiger partial charge in [0.2, 0.25) is 0 Å². The number of rotatable bonds is 4. The summed E-state index contributed by atoms with van der Waals surface area (Å²) in [6, 6.07) is 0. The summed E-state index contributed by atoms with van der Waals surface area (Å²) in [6.45, 7) is 2.09. The molecule has 1 N–H and O–H groups in total. The van der Waals surface area contributed by atoms with Gasteiger partial charge >= 0.3 is 0 Å². The molecule has 0 heterocycles. The number of aliphatic hydroxyl groups is 1. The number of terminal acetylenes is 1. The Morgan fingerprint density at radius 2 is 2.40 bits per heavy atom. The summed E-state index contributed by atoms with van der Waals surface area (Å²) in [5.74, 6) is 2.33. The highest BCUT2D eigenvalue weighted by Gasteiger charge is 1.95. The van der Waals surface area contributed by atoms with Crippen molar-refractivity contribution in [2.75, 3.05) is 0 Å². The summed E-state index contributed by atoms with van der Waals surface area (Å²) in [5, 5.41) is 9.13. The lowest BCUT2D eigenvalue weighted by atomic mass is 10.1. The molecule has 0 rings (SSSR count). The highest BCUT2D eigenvalue weighted by atomic mass is 16.3. The molecule has 0 aliphatic heterocycles. The number of unbranched alkanes of at least 4 members (excludes halogenated alkanes) is 1. The molecule has 1 atom stereocenters. The molecule has 10 heavy (non-hydrogen) atoms. The molecule has 0 radical (unpaired) electrons. The molecule has 0 saturated heterocycles. The minimum absolute atomic E-state index is 0.351. The van der Waals surface area contributed by atoms with E-state index in [4.69, 9.17) is 11.5 Å². The van der Waals surface area contributed by atoms with Gasteiger partial charge in [-0.3, -0.25) is 0 Å². The lowest BCUT2D eigenvalue weighted by molar-refractivity contribution is 0.209. The molecule has 1 unspecified atom stereocenters. The summed E-state index contributed by atoms with van der Waals surface area (Å²) in [6.07, 6.45) is 10.8. The fourth-order valence-corrected chi connectivity index (χ4v) is 0.676. The summed E-state index contributed by atoms with van der Waals surface area (Å²) in [7, 11) is 0. The van der Waals surface area contributed by atoms with E-state index >= 15 is 0 Å². The highest BCUT2D eigenvalue weighted by molar-refractivity contribution is 5.10. The van der Waals surface area contributed by atoms with E-state index < -0.39 is 0 Å². The van der Waals surface area contributed by atoms with Gasteiger partial charge in [-0.1, -0.05) is 25.7 Å². The van der Waals surface area contributed by atoms with E-state index in [1.54, 1.807) is 12.2 Å². The van der Waals surface area contributed by atoms with Crippen molar-refractivity contribution in [1.82, 2.24) is 0 Å². The third-order valence-electron chi connectivity index (χ3n) is 1.27. The average molecular weight is 138 g/mol. The van der Waals surface area contributed by atoms with Crippen molar-refractivity contribution >= 4 is 0 Å². The Kier molecular flexibility index (Phi) is 5.91. The molecule has 0 saturated carbocycles. The van der Waals surface area contributed by atoms with Crippen LogP contribution in [-0.4, -0.2) is 11.2 Å². The smallest absolute Gasteiger partial charge is 0.0730 e. The fraction of sp³-hybridized carbons (Fsp3) is 0.556. The monoisotopic (exact) mass is 138 g/mol. The van der Waals surface area contributed by atoms with E-state index in [9.17, 15) is 0 Å². The van der Waals surface area contributed by atoms with Gasteiger partial charge in [-0.2, -0.15) is 0 Å². The van der Waals surface area contributed by atoms with Crippen molar-refractivity contribution in [3.63, 3.8) is 0 Å². The minimum atomic E-state index is -0.351. The first kappa shape index (κ1) is 9.26. The van der Waals surface area contributed by atoms with Crippen LogP contribution in [0.25, 0.3) is 0 Å². The van der Waals surface area contributed by atoms with E-state index in [1.165, 1.54) is 0 Å². The first-order chi connectivity index (χ1) is 4.81. The van der Waals surface area contributed by atoms with Crippen LogP contribution in [0.4, 0.5) is 0 Å². The Labute approximate surface area is 62.8 Å². The van der Waals surface area contributed by atoms with Gasteiger partial charge in [0, 0.05) is 0 Å². The number of hydrogen-bond donors (Lipinski definition) is 1. The summed E-state index contributed by atoms with van der Waals surface area (Å²) < 4.78 is 0. The van der Waals surface area contributed by atoms with Gasteiger partial charge in [0.1, 0.15) is 0 Å². The molecule has 0 aliphatic carbocycles. The molecule has 0 aliphatic rings. The number of aliphatic hydroxyl groups excluding tert-OH is 1. The fourth-order valence-electron chi connectivity index (χ4n) is 0.676. The van der Waals surface area contributed by atoms with Crippen molar-refractivity contribution in [3.05, 3.63) is 12.2 Å². The predicted molar refractivity (Wildman–Crippen MR) is 43.5 cm³/mol. The van der Waals surface area contributed by atoms with Gasteiger partial charge in [-0.25, -0.2) is 0 Å². The topological polar surface area (TPSA) is 20.2 Å². The van der Waals surface area contributed by atoms with E-state index in [2.05, 4.69) is 12.8 Å². The molecule has 1 nitrogen and oxygen atoms in total. The van der Waals surface area contributed by atoms with E-state index in [0.717, 1.165) is 19.3 Å². The van der Waals surface area contributed by atoms with Crippen LogP contribution in [0.15, 0.2) is 12.2 Å². The van der Waals surface area contributed by atoms with Gasteiger partial charge in [0.15, 0.2) is 0 Å². The van der Waals surface area contributed by atoms with Gasteiger partial charge in [0.05, 0.1) is 6.10 Å². The minimum Gasteiger partial charge on any atom is -0.389 e. The number of hydrogen-bond acceptors (Lipinski definition) is 1. The molecular formula is C9H14O. The van der Waals surface area contributed by atoms with Crippen LogP contribution in [0.2, 0.25) is 0 Å². The maximum Gasteiger partial charge on any atom is 0.0730 e. The maximum atomic E-state index is 9.13. The molecule has 0 aromatic carbocycles. The molecular weight excluding hydrogens is 124 g/mol. The Bertz CT molecular complexity index is 130. The van der Waals surface area contributed by atoms with Gasteiger partial charge in [0.25, 0.3) is 0 Å². The lowest BCUT2D eigenvalue weighted by Gasteiger charge is -2.01. The third kappa shape index (κ3) is 5.40. The highest BCUT2D eigenvalue weighted by Crippen LogP contribution is 2.00. The molecule has 0 bridgehead atoms. The molecule has 0 spiro atoms. The molecule has 0 aromatic rings. The largest absolute Gasteiger partial charge is 0.389 e. The molecule has 0 amide bonds. The Morgan fingerprint density at radius 3 is 2.90 bits per heavy atom. The van der Waals surface area contributed by atoms with E-state index in [0.29, 0.717) is 0 Å². The van der Waals surface area contributed by atoms with Crippen molar-refractivity contribution in [3.8, 4) is 12.3 Å². The van der Waals surface area contributed by atoms with Crippen LogP contribution < -0.4 is 0 Å². The van der Waals surface area contributed by atoms with Crippen LogP contribution in [0.1, 0.15) is 26.2 Å². The zero-order chi connectivity index (χ0) is 7.82. The second-order valence-corrected chi connectivity index (χ2v) is 2.24. The summed E-state index contributed by atoms with van der Waals surface area (Å²) >= 11 is 0. The second kappa shape index (κ2) is 6.38. The lowest BCUT2D eigenvalue weighted by Crippen LogP contribution is -2.00.